The maximum Gasteiger partial charge on any atom is 0.339 e. The van der Waals surface area contributed by atoms with E-state index in [-0.39, 0.29) is 5.56 Å². The lowest BCUT2D eigenvalue weighted by molar-refractivity contribution is 0.0697. The van der Waals surface area contributed by atoms with Crippen molar-refractivity contribution in [1.29, 1.82) is 0 Å². The van der Waals surface area contributed by atoms with E-state index in [0.29, 0.717) is 12.3 Å². The van der Waals surface area contributed by atoms with Crippen molar-refractivity contribution in [2.24, 2.45) is 0 Å². The number of anilines is 2. The van der Waals surface area contributed by atoms with E-state index in [9.17, 15) is 4.79 Å². The van der Waals surface area contributed by atoms with Crippen LogP contribution in [0.2, 0.25) is 0 Å². The zero-order valence-electron chi connectivity index (χ0n) is 11.9. The van der Waals surface area contributed by atoms with E-state index in [0.717, 1.165) is 24.3 Å². The minimum Gasteiger partial charge on any atom is -0.494 e. The van der Waals surface area contributed by atoms with Gasteiger partial charge in [0.15, 0.2) is 0 Å². The molecule has 21 heavy (non-hydrogen) atoms. The minimum absolute atomic E-state index is 0.140. The third-order valence-corrected chi connectivity index (χ3v) is 2.95. The Balaban J connectivity index is 2.05. The van der Waals surface area contributed by atoms with Gasteiger partial charge >= 0.3 is 5.97 Å². The third-order valence-electron chi connectivity index (χ3n) is 2.95. The predicted octanol–water partition coefficient (Wildman–Crippen LogP) is 3.70. The summed E-state index contributed by atoms with van der Waals surface area (Å²) in [7, 11) is 0. The number of hydrogen-bond donors (Lipinski definition) is 2. The van der Waals surface area contributed by atoms with Crippen molar-refractivity contribution in [2.75, 3.05) is 11.9 Å². The van der Waals surface area contributed by atoms with E-state index in [1.165, 1.54) is 6.20 Å². The number of nitrogens with zero attached hydrogens (tertiary/aromatic N) is 1. The number of pyridine rings is 1. The van der Waals surface area contributed by atoms with Crippen molar-refractivity contribution < 1.29 is 14.6 Å². The number of rotatable bonds is 7. The fourth-order valence-electron chi connectivity index (χ4n) is 1.80. The molecular weight excluding hydrogens is 268 g/mol. The number of carbonyl (C=O) groups is 1. The van der Waals surface area contributed by atoms with E-state index in [4.69, 9.17) is 9.84 Å². The van der Waals surface area contributed by atoms with Gasteiger partial charge in [-0.3, -0.25) is 4.98 Å². The second-order valence-electron chi connectivity index (χ2n) is 4.58. The fourth-order valence-corrected chi connectivity index (χ4v) is 1.80. The molecule has 0 saturated carbocycles. The summed E-state index contributed by atoms with van der Waals surface area (Å²) in [5, 5.41) is 12.2. The number of carboxylic acids is 1. The van der Waals surface area contributed by atoms with Crippen LogP contribution in [0.4, 0.5) is 11.4 Å². The molecule has 1 aromatic carbocycles. The average Bonchev–Trinajstić information content (AvgIpc) is 2.50. The van der Waals surface area contributed by atoms with Crippen LogP contribution in [0, 0.1) is 0 Å². The molecule has 110 valence electrons. The molecule has 0 fully saturated rings. The van der Waals surface area contributed by atoms with E-state index in [2.05, 4.69) is 17.2 Å². The molecule has 0 aliphatic rings. The van der Waals surface area contributed by atoms with E-state index >= 15 is 0 Å². The molecule has 0 unspecified atom stereocenters. The quantitative estimate of drug-likeness (QED) is 0.759. The second kappa shape index (κ2) is 7.28. The lowest BCUT2D eigenvalue weighted by Crippen LogP contribution is -2.03. The van der Waals surface area contributed by atoms with Gasteiger partial charge in [-0.25, -0.2) is 4.79 Å². The number of benzene rings is 1. The van der Waals surface area contributed by atoms with Crippen LogP contribution in [-0.2, 0) is 0 Å². The normalized spacial score (nSPS) is 10.1. The van der Waals surface area contributed by atoms with Crippen LogP contribution in [0.5, 0.6) is 5.75 Å². The highest BCUT2D eigenvalue weighted by molar-refractivity contribution is 5.94. The van der Waals surface area contributed by atoms with Gasteiger partial charge in [0, 0.05) is 18.1 Å². The Morgan fingerprint density at radius 3 is 2.71 bits per heavy atom. The molecule has 1 aromatic heterocycles. The van der Waals surface area contributed by atoms with Crippen molar-refractivity contribution in [3.63, 3.8) is 0 Å². The predicted molar refractivity (Wildman–Crippen MR) is 81.3 cm³/mol. The zero-order chi connectivity index (χ0) is 15.1. The first-order chi connectivity index (χ1) is 10.2. The summed E-state index contributed by atoms with van der Waals surface area (Å²) in [5.74, 6) is -0.202. The van der Waals surface area contributed by atoms with Crippen LogP contribution in [0.3, 0.4) is 0 Å². The first-order valence-corrected chi connectivity index (χ1v) is 6.88. The van der Waals surface area contributed by atoms with Gasteiger partial charge in [-0.1, -0.05) is 13.3 Å². The van der Waals surface area contributed by atoms with Crippen molar-refractivity contribution in [3.8, 4) is 5.75 Å². The second-order valence-corrected chi connectivity index (χ2v) is 4.58. The Kier molecular flexibility index (Phi) is 5.15. The lowest BCUT2D eigenvalue weighted by atomic mass is 10.2. The van der Waals surface area contributed by atoms with Gasteiger partial charge in [0.05, 0.1) is 12.3 Å². The number of aromatic carboxylic acids is 1. The van der Waals surface area contributed by atoms with Crippen LogP contribution >= 0.6 is 0 Å². The summed E-state index contributed by atoms with van der Waals surface area (Å²) in [6.07, 6.45) is 5.00. The first-order valence-electron chi connectivity index (χ1n) is 6.88. The van der Waals surface area contributed by atoms with Crippen LogP contribution < -0.4 is 10.1 Å². The Morgan fingerprint density at radius 1 is 1.29 bits per heavy atom. The highest BCUT2D eigenvalue weighted by Gasteiger charge is 2.09. The monoisotopic (exact) mass is 286 g/mol. The molecule has 0 aliphatic heterocycles. The van der Waals surface area contributed by atoms with Crippen LogP contribution in [0.1, 0.15) is 30.1 Å². The van der Waals surface area contributed by atoms with Crippen LogP contribution in [-0.4, -0.2) is 22.7 Å². The summed E-state index contributed by atoms with van der Waals surface area (Å²) < 4.78 is 5.58. The summed E-state index contributed by atoms with van der Waals surface area (Å²) in [5.41, 5.74) is 1.45. The Labute approximate surface area is 123 Å². The SMILES string of the molecule is CCCCOc1ccc(Nc2ccncc2C(=O)O)cc1. The molecule has 1 heterocycles. The Morgan fingerprint density at radius 2 is 2.05 bits per heavy atom. The number of ether oxygens (including phenoxy) is 1. The molecule has 2 aromatic rings. The molecule has 0 amide bonds. The smallest absolute Gasteiger partial charge is 0.339 e. The maximum absolute atomic E-state index is 11.1. The van der Waals surface area contributed by atoms with E-state index in [1.54, 1.807) is 12.3 Å². The molecule has 0 aliphatic carbocycles. The van der Waals surface area contributed by atoms with Gasteiger partial charge in [0.1, 0.15) is 11.3 Å². The highest BCUT2D eigenvalue weighted by Crippen LogP contribution is 2.22. The maximum atomic E-state index is 11.1. The third kappa shape index (κ3) is 4.21. The molecule has 5 nitrogen and oxygen atoms in total. The molecule has 2 rings (SSSR count). The van der Waals surface area contributed by atoms with Gasteiger partial charge in [0.2, 0.25) is 0 Å². The summed E-state index contributed by atoms with van der Waals surface area (Å²) in [4.78, 5) is 14.9. The number of nitrogens with one attached hydrogen (secondary N) is 1. The van der Waals surface area contributed by atoms with Crippen molar-refractivity contribution in [2.45, 2.75) is 19.8 Å². The van der Waals surface area contributed by atoms with Gasteiger partial charge in [0.25, 0.3) is 0 Å². The molecule has 0 radical (unpaired) electrons. The van der Waals surface area contributed by atoms with Crippen LogP contribution in [0.15, 0.2) is 42.7 Å². The van der Waals surface area contributed by atoms with Crippen molar-refractivity contribution in [1.82, 2.24) is 4.98 Å². The number of carboxylic acid groups (broad SMARTS) is 1. The fraction of sp³-hybridized carbons (Fsp3) is 0.250. The standard InChI is InChI=1S/C16H18N2O3/c1-2-3-10-21-13-6-4-12(5-7-13)18-15-8-9-17-11-14(15)16(19)20/h4-9,11H,2-3,10H2,1H3,(H,17,18)(H,19,20). The van der Waals surface area contributed by atoms with Crippen molar-refractivity contribution >= 4 is 17.3 Å². The van der Waals surface area contributed by atoms with Crippen molar-refractivity contribution in [3.05, 3.63) is 48.3 Å². The number of unbranched alkanes of at least 4 members (excludes halogenated alkanes) is 1. The minimum atomic E-state index is -1.01. The molecule has 5 heteroatoms. The Bertz CT molecular complexity index is 597. The molecule has 0 bridgehead atoms. The van der Waals surface area contributed by atoms with Crippen LogP contribution in [0.25, 0.3) is 0 Å². The summed E-state index contributed by atoms with van der Waals surface area (Å²) in [6, 6.07) is 9.06. The largest absolute Gasteiger partial charge is 0.494 e. The van der Waals surface area contributed by atoms with E-state index < -0.39 is 5.97 Å². The molecule has 0 saturated heterocycles. The number of aromatic nitrogens is 1. The first kappa shape index (κ1) is 14.8. The molecule has 2 N–H and O–H groups in total. The molecule has 0 atom stereocenters. The summed E-state index contributed by atoms with van der Waals surface area (Å²) in [6.45, 7) is 2.82. The van der Waals surface area contributed by atoms with Gasteiger partial charge in [-0.05, 0) is 36.8 Å². The molecule has 0 spiro atoms. The summed E-state index contributed by atoms with van der Waals surface area (Å²) >= 11 is 0. The highest BCUT2D eigenvalue weighted by atomic mass is 16.5. The molecular formula is C16H18N2O3. The number of hydrogen-bond acceptors (Lipinski definition) is 4. The van der Waals surface area contributed by atoms with Gasteiger partial charge in [-0.2, -0.15) is 0 Å². The average molecular weight is 286 g/mol. The van der Waals surface area contributed by atoms with Gasteiger partial charge in [-0.15, -0.1) is 0 Å². The topological polar surface area (TPSA) is 71.5 Å². The lowest BCUT2D eigenvalue weighted by Gasteiger charge is -2.10. The zero-order valence-corrected chi connectivity index (χ0v) is 11.9. The Hall–Kier alpha value is -2.56. The van der Waals surface area contributed by atoms with E-state index in [1.807, 2.05) is 24.3 Å². The van der Waals surface area contributed by atoms with Gasteiger partial charge < -0.3 is 15.2 Å².